The first-order valence-electron chi connectivity index (χ1n) is 7.39. The highest BCUT2D eigenvalue weighted by molar-refractivity contribution is 7.13. The van der Waals surface area contributed by atoms with Crippen LogP contribution in [0, 0.1) is 0 Å². The molecule has 0 aliphatic rings. The van der Waals surface area contributed by atoms with E-state index in [1.54, 1.807) is 22.7 Å². The van der Waals surface area contributed by atoms with Gasteiger partial charge >= 0.3 is 0 Å². The fourth-order valence-corrected chi connectivity index (χ4v) is 3.94. The Labute approximate surface area is 170 Å². The molecule has 0 aromatic carbocycles. The lowest BCUT2D eigenvalue weighted by Gasteiger charge is -2.24. The molecule has 0 bridgehead atoms. The van der Waals surface area contributed by atoms with Crippen molar-refractivity contribution in [1.82, 2.24) is 20.4 Å². The summed E-state index contributed by atoms with van der Waals surface area (Å²) in [5.74, 6) is 0. The minimum absolute atomic E-state index is 0. The fraction of sp³-hybridized carbons (Fsp3) is 0.125. The van der Waals surface area contributed by atoms with Gasteiger partial charge in [-0.05, 0) is 35.0 Å². The van der Waals surface area contributed by atoms with Crippen LogP contribution in [0.5, 0.6) is 0 Å². The molecule has 0 radical (unpaired) electrons. The van der Waals surface area contributed by atoms with E-state index in [0.29, 0.717) is 0 Å². The Morgan fingerprint density at radius 2 is 1.35 bits per heavy atom. The second-order valence-corrected chi connectivity index (χ2v) is 7.36. The molecule has 0 amide bonds. The number of nitrogens with one attached hydrogen (secondary N) is 2. The van der Waals surface area contributed by atoms with Crippen LogP contribution >= 0.6 is 47.5 Å². The number of halogens is 2. The summed E-state index contributed by atoms with van der Waals surface area (Å²) in [4.78, 5) is 2.17. The Morgan fingerprint density at radius 1 is 0.885 bits per heavy atom. The molecule has 0 unspecified atom stereocenters. The summed E-state index contributed by atoms with van der Waals surface area (Å²) in [5.41, 5.74) is 15.0. The normalized spacial score (nSPS) is 11.0. The third-order valence-electron chi connectivity index (χ3n) is 3.99. The van der Waals surface area contributed by atoms with E-state index in [1.807, 2.05) is 47.2 Å². The second-order valence-electron chi connectivity index (χ2n) is 5.46. The van der Waals surface area contributed by atoms with E-state index in [0.717, 1.165) is 32.5 Å². The Morgan fingerprint density at radius 3 is 1.69 bits per heavy atom. The van der Waals surface area contributed by atoms with Crippen LogP contribution in [-0.2, 0) is 5.54 Å². The number of thiophene rings is 2. The standard InChI is InChI=1S/C16H16N6S2.2ClH/c17-9-16(18,14-7-10(19-21-14)12-3-1-5-23-12)15-8-11(20-22-15)13-4-2-6-24-13;;/h1-8H,9,17-18H2,(H,19,21)(H,20,22);2*1H. The average molecular weight is 429 g/mol. The average Bonchev–Trinajstić information content (AvgIpc) is 3.41. The maximum Gasteiger partial charge on any atom is 0.112 e. The van der Waals surface area contributed by atoms with Crippen molar-refractivity contribution >= 4 is 47.5 Å². The largest absolute Gasteiger partial charge is 0.328 e. The highest BCUT2D eigenvalue weighted by Crippen LogP contribution is 2.31. The highest BCUT2D eigenvalue weighted by atomic mass is 35.5. The molecule has 4 aromatic rings. The lowest BCUT2D eigenvalue weighted by molar-refractivity contribution is 0.515. The first-order chi connectivity index (χ1) is 11.7. The van der Waals surface area contributed by atoms with Gasteiger partial charge in [-0.3, -0.25) is 10.2 Å². The van der Waals surface area contributed by atoms with Crippen molar-refractivity contribution < 1.29 is 0 Å². The van der Waals surface area contributed by atoms with Crippen LogP contribution in [0.4, 0.5) is 0 Å². The number of hydrogen-bond donors (Lipinski definition) is 4. The van der Waals surface area contributed by atoms with E-state index in [-0.39, 0.29) is 31.4 Å². The van der Waals surface area contributed by atoms with Gasteiger partial charge < -0.3 is 11.5 Å². The number of nitrogens with two attached hydrogens (primary N) is 2. The van der Waals surface area contributed by atoms with E-state index in [1.165, 1.54) is 0 Å². The van der Waals surface area contributed by atoms with E-state index in [9.17, 15) is 0 Å². The molecule has 0 saturated carbocycles. The van der Waals surface area contributed by atoms with Crippen molar-refractivity contribution in [2.45, 2.75) is 5.54 Å². The van der Waals surface area contributed by atoms with Crippen LogP contribution in [0.3, 0.4) is 0 Å². The van der Waals surface area contributed by atoms with Gasteiger partial charge in [0.25, 0.3) is 0 Å². The van der Waals surface area contributed by atoms with Gasteiger partial charge in [0.2, 0.25) is 0 Å². The zero-order valence-electron chi connectivity index (χ0n) is 13.5. The zero-order chi connectivity index (χ0) is 16.6. The predicted octanol–water partition coefficient (Wildman–Crippen LogP) is 3.59. The molecule has 6 nitrogen and oxygen atoms in total. The van der Waals surface area contributed by atoms with Crippen LogP contribution in [0.15, 0.2) is 47.2 Å². The summed E-state index contributed by atoms with van der Waals surface area (Å²) in [6, 6.07) is 11.9. The Kier molecular flexibility index (Phi) is 6.62. The molecule has 0 saturated heterocycles. The number of aromatic amines is 2. The highest BCUT2D eigenvalue weighted by Gasteiger charge is 2.33. The third-order valence-corrected chi connectivity index (χ3v) is 5.77. The Bertz CT molecular complexity index is 857. The molecule has 0 spiro atoms. The molecule has 6 N–H and O–H groups in total. The molecule has 0 fully saturated rings. The van der Waals surface area contributed by atoms with E-state index in [2.05, 4.69) is 20.4 Å². The summed E-state index contributed by atoms with van der Waals surface area (Å²) in [7, 11) is 0. The van der Waals surface area contributed by atoms with Crippen molar-refractivity contribution in [3.63, 3.8) is 0 Å². The van der Waals surface area contributed by atoms with Crippen LogP contribution in [0.2, 0.25) is 0 Å². The summed E-state index contributed by atoms with van der Waals surface area (Å²) >= 11 is 3.26. The van der Waals surface area contributed by atoms with Gasteiger partial charge in [0, 0.05) is 6.54 Å². The molecule has 4 rings (SSSR count). The number of rotatable bonds is 5. The number of hydrogen-bond acceptors (Lipinski definition) is 6. The van der Waals surface area contributed by atoms with Gasteiger partial charge in [0.1, 0.15) is 16.9 Å². The molecule has 0 aliphatic heterocycles. The SMILES string of the molecule is Cl.Cl.NCC(N)(c1cc(-c2cccs2)n[nH]1)c1cc(-c2cccs2)n[nH]1. The van der Waals surface area contributed by atoms with Gasteiger partial charge in [-0.2, -0.15) is 10.2 Å². The smallest absolute Gasteiger partial charge is 0.112 e. The van der Waals surface area contributed by atoms with Crippen molar-refractivity contribution in [3.8, 4) is 21.1 Å². The van der Waals surface area contributed by atoms with E-state index >= 15 is 0 Å². The fourth-order valence-electron chi connectivity index (χ4n) is 2.57. The number of nitrogens with zero attached hydrogens (tertiary/aromatic N) is 2. The van der Waals surface area contributed by atoms with Crippen molar-refractivity contribution in [2.24, 2.45) is 11.5 Å². The first kappa shape index (κ1) is 20.6. The predicted molar refractivity (Wildman–Crippen MR) is 112 cm³/mol. The summed E-state index contributed by atoms with van der Waals surface area (Å²) < 4.78 is 0. The molecular weight excluding hydrogens is 411 g/mol. The lowest BCUT2D eigenvalue weighted by Crippen LogP contribution is -2.45. The number of H-pyrrole nitrogens is 2. The van der Waals surface area contributed by atoms with Crippen molar-refractivity contribution in [2.75, 3.05) is 6.54 Å². The molecule has 10 heteroatoms. The summed E-state index contributed by atoms with van der Waals surface area (Å²) in [6.07, 6.45) is 0. The number of aromatic nitrogens is 4. The van der Waals surface area contributed by atoms with Gasteiger partial charge in [0.05, 0.1) is 21.1 Å². The van der Waals surface area contributed by atoms with Crippen molar-refractivity contribution in [3.05, 3.63) is 58.5 Å². The maximum absolute atomic E-state index is 6.61. The lowest BCUT2D eigenvalue weighted by atomic mass is 9.92. The van der Waals surface area contributed by atoms with Gasteiger partial charge in [0.15, 0.2) is 0 Å². The van der Waals surface area contributed by atoms with Crippen LogP contribution in [0.25, 0.3) is 21.1 Å². The Balaban J connectivity index is 0.00000121. The zero-order valence-corrected chi connectivity index (χ0v) is 16.8. The maximum atomic E-state index is 6.61. The molecule has 138 valence electrons. The first-order valence-corrected chi connectivity index (χ1v) is 9.15. The monoisotopic (exact) mass is 428 g/mol. The van der Waals surface area contributed by atoms with E-state index in [4.69, 9.17) is 11.5 Å². The molecular formula is C16H18Cl2N6S2. The van der Waals surface area contributed by atoms with Gasteiger partial charge in [-0.25, -0.2) is 0 Å². The summed E-state index contributed by atoms with van der Waals surface area (Å²) in [5, 5.41) is 18.9. The summed E-state index contributed by atoms with van der Waals surface area (Å²) in [6.45, 7) is 0.227. The Hall–Kier alpha value is -1.68. The quantitative estimate of drug-likeness (QED) is 0.389. The van der Waals surface area contributed by atoms with Crippen molar-refractivity contribution in [1.29, 1.82) is 0 Å². The molecule has 0 aliphatic carbocycles. The third kappa shape index (κ3) is 3.57. The van der Waals surface area contributed by atoms with Crippen LogP contribution in [0.1, 0.15) is 11.4 Å². The minimum atomic E-state index is -0.898. The van der Waals surface area contributed by atoms with Gasteiger partial charge in [-0.15, -0.1) is 47.5 Å². The molecule has 26 heavy (non-hydrogen) atoms. The molecule has 4 aromatic heterocycles. The molecule has 0 atom stereocenters. The van der Waals surface area contributed by atoms with Crippen LogP contribution in [-0.4, -0.2) is 26.9 Å². The van der Waals surface area contributed by atoms with Crippen LogP contribution < -0.4 is 11.5 Å². The van der Waals surface area contributed by atoms with E-state index < -0.39 is 5.54 Å². The minimum Gasteiger partial charge on any atom is -0.328 e. The van der Waals surface area contributed by atoms with Gasteiger partial charge in [-0.1, -0.05) is 12.1 Å². The second kappa shape index (κ2) is 8.34. The topological polar surface area (TPSA) is 109 Å². The molecule has 4 heterocycles.